The van der Waals surface area contributed by atoms with Crippen LogP contribution in [0.5, 0.6) is 0 Å². The molecule has 1 atom stereocenters. The van der Waals surface area contributed by atoms with Gasteiger partial charge in [0.05, 0.1) is 5.56 Å². The molecule has 7 heteroatoms. The van der Waals surface area contributed by atoms with Crippen LogP contribution in [0.1, 0.15) is 49.4 Å². The summed E-state index contributed by atoms with van der Waals surface area (Å²) in [6.07, 6.45) is 4.07. The van der Waals surface area contributed by atoms with E-state index >= 15 is 0 Å². The highest BCUT2D eigenvalue weighted by Crippen LogP contribution is 2.17. The van der Waals surface area contributed by atoms with Gasteiger partial charge in [-0.25, -0.2) is 9.59 Å². The Balaban J connectivity index is 1.80. The van der Waals surface area contributed by atoms with Gasteiger partial charge in [0, 0.05) is 11.1 Å². The average molecular weight is 353 g/mol. The smallest absolute Gasteiger partial charge is 0.338 e. The molecule has 0 aromatic heterocycles. The Morgan fingerprint density at radius 2 is 1.92 bits per heavy atom. The van der Waals surface area contributed by atoms with Gasteiger partial charge in [-0.15, -0.1) is 0 Å². The van der Waals surface area contributed by atoms with Crippen LogP contribution >= 0.6 is 11.6 Å². The summed E-state index contributed by atoms with van der Waals surface area (Å²) in [6.45, 7) is 1.41. The van der Waals surface area contributed by atoms with Gasteiger partial charge in [0.2, 0.25) is 0 Å². The number of amides is 3. The van der Waals surface area contributed by atoms with E-state index in [0.717, 1.165) is 25.7 Å². The van der Waals surface area contributed by atoms with Gasteiger partial charge in [-0.1, -0.05) is 36.9 Å². The number of nitrogens with one attached hydrogen (secondary N) is 2. The first kappa shape index (κ1) is 18.3. The van der Waals surface area contributed by atoms with Crippen molar-refractivity contribution in [3.05, 3.63) is 34.9 Å². The van der Waals surface area contributed by atoms with E-state index in [2.05, 4.69) is 10.6 Å². The molecule has 0 bridgehead atoms. The molecule has 6 nitrogen and oxygen atoms in total. The highest BCUT2D eigenvalue weighted by Gasteiger charge is 2.22. The third kappa shape index (κ3) is 5.53. The molecule has 1 aromatic rings. The van der Waals surface area contributed by atoms with Crippen molar-refractivity contribution in [2.45, 2.75) is 51.2 Å². The summed E-state index contributed by atoms with van der Waals surface area (Å²) < 4.78 is 5.05. The number of halogens is 1. The number of hydrogen-bond acceptors (Lipinski definition) is 4. The van der Waals surface area contributed by atoms with Gasteiger partial charge in [-0.2, -0.15) is 0 Å². The highest BCUT2D eigenvalue weighted by molar-refractivity contribution is 6.30. The van der Waals surface area contributed by atoms with Crippen LogP contribution in [0.3, 0.4) is 0 Å². The van der Waals surface area contributed by atoms with E-state index in [1.165, 1.54) is 25.5 Å². The van der Waals surface area contributed by atoms with Crippen molar-refractivity contribution < 1.29 is 19.1 Å². The maximum Gasteiger partial charge on any atom is 0.338 e. The van der Waals surface area contributed by atoms with Crippen molar-refractivity contribution >= 4 is 29.5 Å². The van der Waals surface area contributed by atoms with Gasteiger partial charge in [0.25, 0.3) is 5.91 Å². The lowest BCUT2D eigenvalue weighted by molar-refractivity contribution is -0.127. The minimum Gasteiger partial charge on any atom is -0.449 e. The molecule has 0 radical (unpaired) electrons. The standard InChI is InChI=1S/C17H21ClN2O4/c1-11(24-16(22)12-6-5-7-13(18)10-12)15(21)20-17(23)19-14-8-3-2-4-9-14/h5-7,10-11,14H,2-4,8-9H2,1H3,(H2,19,20,21,23)/t11-/m0/s1. The summed E-state index contributed by atoms with van der Waals surface area (Å²) in [4.78, 5) is 35.7. The molecule has 2 rings (SSSR count). The van der Waals surface area contributed by atoms with Crippen LogP contribution in [-0.4, -0.2) is 30.1 Å². The number of esters is 1. The fourth-order valence-corrected chi connectivity index (χ4v) is 2.77. The Labute approximate surface area is 145 Å². The van der Waals surface area contributed by atoms with Gasteiger partial charge >= 0.3 is 12.0 Å². The molecule has 0 unspecified atom stereocenters. The molecule has 24 heavy (non-hydrogen) atoms. The zero-order chi connectivity index (χ0) is 17.5. The summed E-state index contributed by atoms with van der Waals surface area (Å²) >= 11 is 5.81. The van der Waals surface area contributed by atoms with Crippen molar-refractivity contribution in [3.63, 3.8) is 0 Å². The van der Waals surface area contributed by atoms with Crippen LogP contribution in [-0.2, 0) is 9.53 Å². The van der Waals surface area contributed by atoms with E-state index in [4.69, 9.17) is 16.3 Å². The fourth-order valence-electron chi connectivity index (χ4n) is 2.58. The molecule has 1 saturated carbocycles. The van der Waals surface area contributed by atoms with E-state index < -0.39 is 24.0 Å². The molecule has 1 aliphatic rings. The molecule has 0 saturated heterocycles. The minimum atomic E-state index is -1.09. The first-order valence-corrected chi connectivity index (χ1v) is 8.41. The maximum absolute atomic E-state index is 12.0. The number of rotatable bonds is 4. The van der Waals surface area contributed by atoms with Gasteiger partial charge in [-0.3, -0.25) is 10.1 Å². The Morgan fingerprint density at radius 3 is 2.58 bits per heavy atom. The molecule has 130 valence electrons. The van der Waals surface area contributed by atoms with Crippen LogP contribution in [0.4, 0.5) is 4.79 Å². The van der Waals surface area contributed by atoms with Crippen molar-refractivity contribution in [3.8, 4) is 0 Å². The molecule has 0 aliphatic heterocycles. The predicted molar refractivity (Wildman–Crippen MR) is 89.9 cm³/mol. The number of benzene rings is 1. The monoisotopic (exact) mass is 352 g/mol. The predicted octanol–water partition coefficient (Wildman–Crippen LogP) is 3.04. The van der Waals surface area contributed by atoms with Crippen molar-refractivity contribution in [1.82, 2.24) is 10.6 Å². The number of imide groups is 1. The third-order valence-electron chi connectivity index (χ3n) is 3.89. The molecular formula is C17H21ClN2O4. The Bertz CT molecular complexity index is 614. The summed E-state index contributed by atoms with van der Waals surface area (Å²) in [5.74, 6) is -1.34. The zero-order valence-corrected chi connectivity index (χ0v) is 14.3. The molecule has 1 aromatic carbocycles. The SMILES string of the molecule is C[C@H](OC(=O)c1cccc(Cl)c1)C(=O)NC(=O)NC1CCCCC1. The van der Waals surface area contributed by atoms with Crippen LogP contribution < -0.4 is 10.6 Å². The molecular weight excluding hydrogens is 332 g/mol. The molecule has 1 fully saturated rings. The largest absolute Gasteiger partial charge is 0.449 e. The second-order valence-corrected chi connectivity index (χ2v) is 6.29. The van der Waals surface area contributed by atoms with E-state index in [1.807, 2.05) is 0 Å². The number of carbonyl (C=O) groups is 3. The third-order valence-corrected chi connectivity index (χ3v) is 4.13. The number of ether oxygens (including phenoxy) is 1. The first-order chi connectivity index (χ1) is 11.5. The lowest BCUT2D eigenvalue weighted by atomic mass is 9.96. The van der Waals surface area contributed by atoms with Crippen molar-refractivity contribution in [1.29, 1.82) is 0 Å². The van der Waals surface area contributed by atoms with E-state index in [1.54, 1.807) is 12.1 Å². The summed E-state index contributed by atoms with van der Waals surface area (Å²) in [7, 11) is 0. The summed E-state index contributed by atoms with van der Waals surface area (Å²) in [6, 6.07) is 5.76. The van der Waals surface area contributed by atoms with Gasteiger partial charge in [0.15, 0.2) is 6.10 Å². The van der Waals surface area contributed by atoms with Crippen molar-refractivity contribution in [2.24, 2.45) is 0 Å². The quantitative estimate of drug-likeness (QED) is 0.816. The van der Waals surface area contributed by atoms with E-state index in [-0.39, 0.29) is 11.6 Å². The van der Waals surface area contributed by atoms with E-state index in [9.17, 15) is 14.4 Å². The summed E-state index contributed by atoms with van der Waals surface area (Å²) in [5.41, 5.74) is 0.244. The Kier molecular flexibility index (Phi) is 6.61. The average Bonchev–Trinajstić information content (AvgIpc) is 2.55. The number of hydrogen-bond donors (Lipinski definition) is 2. The number of carbonyl (C=O) groups excluding carboxylic acids is 3. The molecule has 2 N–H and O–H groups in total. The topological polar surface area (TPSA) is 84.5 Å². The fraction of sp³-hybridized carbons (Fsp3) is 0.471. The number of urea groups is 1. The normalized spacial score (nSPS) is 16.1. The Hall–Kier alpha value is -2.08. The van der Waals surface area contributed by atoms with Crippen LogP contribution in [0.25, 0.3) is 0 Å². The first-order valence-electron chi connectivity index (χ1n) is 8.03. The van der Waals surface area contributed by atoms with Gasteiger partial charge in [-0.05, 0) is 38.0 Å². The van der Waals surface area contributed by atoms with Crippen LogP contribution in [0, 0.1) is 0 Å². The summed E-state index contributed by atoms with van der Waals surface area (Å²) in [5, 5.41) is 5.37. The molecule has 1 aliphatic carbocycles. The van der Waals surface area contributed by atoms with Crippen LogP contribution in [0.15, 0.2) is 24.3 Å². The molecule has 0 heterocycles. The molecule has 3 amide bonds. The highest BCUT2D eigenvalue weighted by atomic mass is 35.5. The van der Waals surface area contributed by atoms with Gasteiger partial charge < -0.3 is 10.1 Å². The van der Waals surface area contributed by atoms with Crippen LogP contribution in [0.2, 0.25) is 5.02 Å². The second-order valence-electron chi connectivity index (χ2n) is 5.86. The molecule has 0 spiro atoms. The van der Waals surface area contributed by atoms with E-state index in [0.29, 0.717) is 5.02 Å². The van der Waals surface area contributed by atoms with Gasteiger partial charge in [0.1, 0.15) is 0 Å². The van der Waals surface area contributed by atoms with Crippen molar-refractivity contribution in [2.75, 3.05) is 0 Å². The lowest BCUT2D eigenvalue weighted by Crippen LogP contribution is -2.48. The minimum absolute atomic E-state index is 0.0934. The lowest BCUT2D eigenvalue weighted by Gasteiger charge is -2.23. The maximum atomic E-state index is 12.0. The zero-order valence-electron chi connectivity index (χ0n) is 13.5. The second kappa shape index (κ2) is 8.68. The Morgan fingerprint density at radius 1 is 1.21 bits per heavy atom.